The molecule has 1 aromatic rings. The van der Waals surface area contributed by atoms with Crippen molar-refractivity contribution < 1.29 is 19.7 Å². The van der Waals surface area contributed by atoms with Gasteiger partial charge in [0.15, 0.2) is 5.75 Å². The molecule has 0 aliphatic carbocycles. The fourth-order valence-electron chi connectivity index (χ4n) is 0.527. The summed E-state index contributed by atoms with van der Waals surface area (Å²) in [6.45, 7) is 1.59. The van der Waals surface area contributed by atoms with E-state index in [1.807, 2.05) is 0 Å². The highest BCUT2D eigenvalue weighted by Crippen LogP contribution is 2.01. The smallest absolute Gasteiger partial charge is 0.226 e. The van der Waals surface area contributed by atoms with Gasteiger partial charge in [-0.1, -0.05) is 0 Å². The third-order valence-corrected chi connectivity index (χ3v) is 1.02. The Balaban J connectivity index is 0.000000424. The van der Waals surface area contributed by atoms with E-state index in [1.165, 1.54) is 0 Å². The summed E-state index contributed by atoms with van der Waals surface area (Å²) in [6, 6.07) is 1.04. The van der Waals surface area contributed by atoms with Crippen molar-refractivity contribution in [1.82, 2.24) is 0 Å². The molecule has 0 saturated heterocycles. The van der Waals surface area contributed by atoms with Crippen LogP contribution >= 0.6 is 0 Å². The van der Waals surface area contributed by atoms with Gasteiger partial charge in [-0.25, -0.2) is 0 Å². The van der Waals surface area contributed by atoms with Crippen LogP contribution in [0.3, 0.4) is 0 Å². The Hall–Kier alpha value is -1.33. The van der Waals surface area contributed by atoms with Crippen LogP contribution in [0.5, 0.6) is 5.75 Å². The summed E-state index contributed by atoms with van der Waals surface area (Å²) in [4.78, 5) is 10.6. The lowest BCUT2D eigenvalue weighted by molar-refractivity contribution is 0.241. The first-order valence-electron chi connectivity index (χ1n) is 3.68. The molecule has 0 aromatic carbocycles. The van der Waals surface area contributed by atoms with E-state index in [0.717, 1.165) is 12.3 Å². The highest BCUT2D eigenvalue weighted by atomic mass is 16.4. The molecule has 0 fully saturated rings. The van der Waals surface area contributed by atoms with Gasteiger partial charge in [0.25, 0.3) is 0 Å². The molecule has 1 aromatic heterocycles. The standard InChI is InChI=1S/C6H6O4.C2H6O/c7-2-4-1-5(8)6(9)3-10-4;1-2-3/h1,3,7,9H,2H2;3H,2H2,1H3. The maximum absolute atomic E-state index is 10.6. The van der Waals surface area contributed by atoms with Crippen LogP contribution in [0.4, 0.5) is 0 Å². The quantitative estimate of drug-likeness (QED) is 0.569. The number of aromatic hydroxyl groups is 1. The van der Waals surface area contributed by atoms with Crippen LogP contribution in [0.1, 0.15) is 12.7 Å². The molecule has 0 aliphatic heterocycles. The second-order valence-corrected chi connectivity index (χ2v) is 2.07. The minimum absolute atomic E-state index is 0.141. The molecule has 5 heteroatoms. The summed E-state index contributed by atoms with van der Waals surface area (Å²) in [5, 5.41) is 24.7. The molecule has 0 amide bonds. The fourth-order valence-corrected chi connectivity index (χ4v) is 0.527. The van der Waals surface area contributed by atoms with Gasteiger partial charge >= 0.3 is 0 Å². The molecule has 3 N–H and O–H groups in total. The summed E-state index contributed by atoms with van der Waals surface area (Å²) >= 11 is 0. The summed E-state index contributed by atoms with van der Waals surface area (Å²) < 4.78 is 4.59. The number of aliphatic hydroxyl groups is 2. The Morgan fingerprint density at radius 1 is 1.46 bits per heavy atom. The molecular formula is C8H12O5. The average molecular weight is 188 g/mol. The molecule has 0 aliphatic rings. The SMILES string of the molecule is CCO.O=c1cc(CO)occ1O. The Kier molecular flexibility index (Phi) is 5.58. The van der Waals surface area contributed by atoms with Gasteiger partial charge < -0.3 is 19.7 Å². The Morgan fingerprint density at radius 3 is 2.38 bits per heavy atom. The van der Waals surface area contributed by atoms with Gasteiger partial charge in [-0.3, -0.25) is 4.79 Å². The maximum Gasteiger partial charge on any atom is 0.226 e. The van der Waals surface area contributed by atoms with Crippen LogP contribution in [-0.4, -0.2) is 21.9 Å². The molecule has 5 nitrogen and oxygen atoms in total. The van der Waals surface area contributed by atoms with Crippen LogP contribution < -0.4 is 5.43 Å². The first-order valence-corrected chi connectivity index (χ1v) is 3.68. The third-order valence-electron chi connectivity index (χ3n) is 1.02. The molecule has 74 valence electrons. The number of hydrogen-bond acceptors (Lipinski definition) is 5. The van der Waals surface area contributed by atoms with E-state index in [4.69, 9.17) is 15.3 Å². The zero-order chi connectivity index (χ0) is 10.3. The van der Waals surface area contributed by atoms with Crippen molar-refractivity contribution in [3.8, 4) is 5.75 Å². The lowest BCUT2D eigenvalue weighted by Gasteiger charge is -1.92. The second kappa shape index (κ2) is 6.22. The molecule has 1 rings (SSSR count). The lowest BCUT2D eigenvalue weighted by Crippen LogP contribution is -1.99. The molecule has 0 atom stereocenters. The van der Waals surface area contributed by atoms with Gasteiger partial charge in [0.2, 0.25) is 5.43 Å². The van der Waals surface area contributed by atoms with Crippen molar-refractivity contribution in [3.63, 3.8) is 0 Å². The highest BCUT2D eigenvalue weighted by Gasteiger charge is 1.98. The highest BCUT2D eigenvalue weighted by molar-refractivity contribution is 5.14. The largest absolute Gasteiger partial charge is 0.502 e. The fraction of sp³-hybridized carbons (Fsp3) is 0.375. The Bertz CT molecular complexity index is 291. The van der Waals surface area contributed by atoms with Gasteiger partial charge in [0.05, 0.1) is 0 Å². The van der Waals surface area contributed by atoms with Crippen LogP contribution in [0.2, 0.25) is 0 Å². The van der Waals surface area contributed by atoms with Crippen molar-refractivity contribution in [2.75, 3.05) is 6.61 Å². The number of rotatable bonds is 1. The monoisotopic (exact) mass is 188 g/mol. The molecule has 0 unspecified atom stereocenters. The average Bonchev–Trinajstić information content (AvgIpc) is 2.11. The minimum Gasteiger partial charge on any atom is -0.502 e. The topological polar surface area (TPSA) is 90.9 Å². The molecule has 13 heavy (non-hydrogen) atoms. The summed E-state index contributed by atoms with van der Waals surface area (Å²) in [7, 11) is 0. The van der Waals surface area contributed by atoms with E-state index in [0.29, 0.717) is 0 Å². The van der Waals surface area contributed by atoms with Crippen molar-refractivity contribution in [1.29, 1.82) is 0 Å². The molecule has 0 radical (unpaired) electrons. The predicted molar refractivity (Wildman–Crippen MR) is 45.3 cm³/mol. The second-order valence-electron chi connectivity index (χ2n) is 2.07. The van der Waals surface area contributed by atoms with Crippen LogP contribution in [0.25, 0.3) is 0 Å². The Morgan fingerprint density at radius 2 is 2.00 bits per heavy atom. The van der Waals surface area contributed by atoms with Crippen LogP contribution in [-0.2, 0) is 6.61 Å². The van der Waals surface area contributed by atoms with Gasteiger partial charge in [0.1, 0.15) is 18.6 Å². The summed E-state index contributed by atoms with van der Waals surface area (Å²) in [5.74, 6) is -0.306. The van der Waals surface area contributed by atoms with Crippen molar-refractivity contribution in [2.24, 2.45) is 0 Å². The molecule has 0 bridgehead atoms. The van der Waals surface area contributed by atoms with E-state index in [2.05, 4.69) is 4.42 Å². The van der Waals surface area contributed by atoms with E-state index in [1.54, 1.807) is 6.92 Å². The van der Waals surface area contributed by atoms with Crippen LogP contribution in [0.15, 0.2) is 21.5 Å². The summed E-state index contributed by atoms with van der Waals surface area (Å²) in [6.07, 6.45) is 0.897. The molecule has 1 heterocycles. The zero-order valence-corrected chi connectivity index (χ0v) is 7.23. The van der Waals surface area contributed by atoms with Crippen LogP contribution in [0, 0.1) is 0 Å². The first-order chi connectivity index (χ1) is 6.15. The lowest BCUT2D eigenvalue weighted by atomic mass is 10.4. The first kappa shape index (κ1) is 11.7. The normalized spacial score (nSPS) is 8.85. The third kappa shape index (κ3) is 4.29. The molecule has 0 saturated carbocycles. The van der Waals surface area contributed by atoms with Gasteiger partial charge in [0, 0.05) is 12.7 Å². The van der Waals surface area contributed by atoms with Gasteiger partial charge in [-0.15, -0.1) is 0 Å². The van der Waals surface area contributed by atoms with E-state index >= 15 is 0 Å². The predicted octanol–water partition coefficient (Wildman–Crippen LogP) is -0.164. The number of hydrogen-bond donors (Lipinski definition) is 3. The van der Waals surface area contributed by atoms with Gasteiger partial charge in [-0.05, 0) is 6.92 Å². The molecule has 0 spiro atoms. The van der Waals surface area contributed by atoms with E-state index < -0.39 is 11.2 Å². The minimum atomic E-state index is -0.546. The van der Waals surface area contributed by atoms with Gasteiger partial charge in [-0.2, -0.15) is 0 Å². The van der Waals surface area contributed by atoms with Crippen molar-refractivity contribution in [2.45, 2.75) is 13.5 Å². The van der Waals surface area contributed by atoms with E-state index in [-0.39, 0.29) is 19.0 Å². The molecular weight excluding hydrogens is 176 g/mol. The number of aliphatic hydroxyl groups excluding tert-OH is 2. The Labute approximate surface area is 74.9 Å². The van der Waals surface area contributed by atoms with Crippen molar-refractivity contribution in [3.05, 3.63) is 28.3 Å². The zero-order valence-electron chi connectivity index (χ0n) is 7.23. The summed E-state index contributed by atoms with van der Waals surface area (Å²) in [5.41, 5.74) is -0.546. The maximum atomic E-state index is 10.6. The van der Waals surface area contributed by atoms with Crippen molar-refractivity contribution >= 4 is 0 Å². The van der Waals surface area contributed by atoms with E-state index in [9.17, 15) is 4.79 Å².